The molecule has 2 N–H and O–H groups in total. The molecule has 110 valence electrons. The molecule has 0 unspecified atom stereocenters. The molecule has 4 nitrogen and oxygen atoms in total. The average molecular weight is 284 g/mol. The van der Waals surface area contributed by atoms with Crippen molar-refractivity contribution in [3.05, 3.63) is 54.1 Å². The van der Waals surface area contributed by atoms with E-state index in [1.807, 2.05) is 42.5 Å². The smallest absolute Gasteiger partial charge is 0.221 e. The largest absolute Gasteiger partial charge is 0.497 e. The fourth-order valence-corrected chi connectivity index (χ4v) is 2.05. The molecule has 0 aromatic heterocycles. The Hall–Kier alpha value is -2.49. The van der Waals surface area contributed by atoms with Gasteiger partial charge < -0.3 is 15.4 Å². The van der Waals surface area contributed by atoms with Gasteiger partial charge in [0.15, 0.2) is 0 Å². The van der Waals surface area contributed by atoms with E-state index in [4.69, 9.17) is 4.74 Å². The predicted molar refractivity (Wildman–Crippen MR) is 85.9 cm³/mol. The summed E-state index contributed by atoms with van der Waals surface area (Å²) in [5, 5.41) is 6.10. The Morgan fingerprint density at radius 1 is 1.10 bits per heavy atom. The highest BCUT2D eigenvalue weighted by Gasteiger charge is 1.98. The van der Waals surface area contributed by atoms with Crippen LogP contribution in [-0.4, -0.2) is 19.6 Å². The van der Waals surface area contributed by atoms with E-state index in [-0.39, 0.29) is 5.91 Å². The van der Waals surface area contributed by atoms with Gasteiger partial charge in [-0.25, -0.2) is 0 Å². The fourth-order valence-electron chi connectivity index (χ4n) is 2.05. The number of methoxy groups -OCH3 is 1. The Bertz CT molecular complexity index is 594. The number of carbonyl (C=O) groups is 1. The number of hydrogen-bond donors (Lipinski definition) is 2. The van der Waals surface area contributed by atoms with Gasteiger partial charge in [0.25, 0.3) is 0 Å². The highest BCUT2D eigenvalue weighted by Crippen LogP contribution is 2.15. The molecule has 0 aliphatic rings. The van der Waals surface area contributed by atoms with Crippen LogP contribution in [0.4, 0.5) is 11.4 Å². The number of rotatable bonds is 6. The topological polar surface area (TPSA) is 50.4 Å². The second-order valence-corrected chi connectivity index (χ2v) is 4.79. The standard InChI is InChI=1S/C17H20N2O2/c1-13(20)19-16-8-6-15(7-9-16)18-11-10-14-4-3-5-17(12-14)21-2/h3-9,12,18H,10-11H2,1-2H3,(H,19,20). The second-order valence-electron chi connectivity index (χ2n) is 4.79. The maximum atomic E-state index is 10.9. The van der Waals surface area contributed by atoms with Crippen LogP contribution in [0.3, 0.4) is 0 Å². The monoisotopic (exact) mass is 284 g/mol. The third-order valence-corrected chi connectivity index (χ3v) is 3.08. The first kappa shape index (κ1) is 14.9. The number of hydrogen-bond acceptors (Lipinski definition) is 3. The molecule has 21 heavy (non-hydrogen) atoms. The summed E-state index contributed by atoms with van der Waals surface area (Å²) in [5.41, 5.74) is 3.07. The number of nitrogens with one attached hydrogen (secondary N) is 2. The highest BCUT2D eigenvalue weighted by molar-refractivity contribution is 5.88. The molecular formula is C17H20N2O2. The van der Waals surface area contributed by atoms with Crippen LogP contribution in [0.2, 0.25) is 0 Å². The molecule has 0 heterocycles. The lowest BCUT2D eigenvalue weighted by Gasteiger charge is -2.09. The lowest BCUT2D eigenvalue weighted by molar-refractivity contribution is -0.114. The van der Waals surface area contributed by atoms with Gasteiger partial charge in [-0.15, -0.1) is 0 Å². The Labute approximate surface area is 125 Å². The van der Waals surface area contributed by atoms with Gasteiger partial charge in [0.1, 0.15) is 5.75 Å². The molecule has 0 saturated carbocycles. The first-order valence-electron chi connectivity index (χ1n) is 6.92. The van der Waals surface area contributed by atoms with E-state index < -0.39 is 0 Å². The zero-order valence-electron chi connectivity index (χ0n) is 12.3. The van der Waals surface area contributed by atoms with Gasteiger partial charge in [-0.1, -0.05) is 12.1 Å². The maximum Gasteiger partial charge on any atom is 0.221 e. The van der Waals surface area contributed by atoms with E-state index >= 15 is 0 Å². The van der Waals surface area contributed by atoms with Crippen molar-refractivity contribution in [3.63, 3.8) is 0 Å². The van der Waals surface area contributed by atoms with Gasteiger partial charge in [-0.3, -0.25) is 4.79 Å². The molecule has 0 spiro atoms. The van der Waals surface area contributed by atoms with E-state index in [0.29, 0.717) is 0 Å². The Balaban J connectivity index is 1.84. The predicted octanol–water partition coefficient (Wildman–Crippen LogP) is 3.31. The molecule has 0 aliphatic carbocycles. The summed E-state index contributed by atoms with van der Waals surface area (Å²) >= 11 is 0. The quantitative estimate of drug-likeness (QED) is 0.855. The van der Waals surface area contributed by atoms with Gasteiger partial charge in [0.05, 0.1) is 7.11 Å². The van der Waals surface area contributed by atoms with Crippen molar-refractivity contribution in [2.24, 2.45) is 0 Å². The van der Waals surface area contributed by atoms with Crippen LogP contribution in [0, 0.1) is 0 Å². The number of anilines is 2. The summed E-state index contributed by atoms with van der Waals surface area (Å²) < 4.78 is 5.21. The molecule has 0 atom stereocenters. The average Bonchev–Trinajstić information content (AvgIpc) is 2.49. The molecule has 0 radical (unpaired) electrons. The van der Waals surface area contributed by atoms with Gasteiger partial charge in [-0.2, -0.15) is 0 Å². The Morgan fingerprint density at radius 2 is 1.81 bits per heavy atom. The van der Waals surface area contributed by atoms with Crippen LogP contribution >= 0.6 is 0 Å². The van der Waals surface area contributed by atoms with Crippen LogP contribution in [0.1, 0.15) is 12.5 Å². The summed E-state index contributed by atoms with van der Waals surface area (Å²) in [6.45, 7) is 2.34. The second kappa shape index (κ2) is 7.33. The van der Waals surface area contributed by atoms with E-state index in [1.165, 1.54) is 12.5 Å². The van der Waals surface area contributed by atoms with Crippen molar-refractivity contribution < 1.29 is 9.53 Å². The summed E-state index contributed by atoms with van der Waals surface area (Å²) in [4.78, 5) is 10.9. The van der Waals surface area contributed by atoms with E-state index in [2.05, 4.69) is 16.7 Å². The molecule has 0 aliphatic heterocycles. The molecule has 4 heteroatoms. The number of carbonyl (C=O) groups excluding carboxylic acids is 1. The maximum absolute atomic E-state index is 10.9. The molecule has 2 aromatic carbocycles. The summed E-state index contributed by atoms with van der Waals surface area (Å²) in [6.07, 6.45) is 0.921. The molecule has 0 saturated heterocycles. The molecular weight excluding hydrogens is 264 g/mol. The van der Waals surface area contributed by atoms with E-state index in [9.17, 15) is 4.79 Å². The van der Waals surface area contributed by atoms with Crippen molar-refractivity contribution in [3.8, 4) is 5.75 Å². The zero-order chi connectivity index (χ0) is 15.1. The Morgan fingerprint density at radius 3 is 2.48 bits per heavy atom. The van der Waals surface area contributed by atoms with Gasteiger partial charge in [0.2, 0.25) is 5.91 Å². The zero-order valence-corrected chi connectivity index (χ0v) is 12.3. The van der Waals surface area contributed by atoms with Crippen molar-refractivity contribution in [2.75, 3.05) is 24.3 Å². The summed E-state index contributed by atoms with van der Waals surface area (Å²) in [5.74, 6) is 0.820. The fraction of sp³-hybridized carbons (Fsp3) is 0.235. The van der Waals surface area contributed by atoms with Gasteiger partial charge in [-0.05, 0) is 48.4 Å². The van der Waals surface area contributed by atoms with Crippen LogP contribution < -0.4 is 15.4 Å². The number of amides is 1. The van der Waals surface area contributed by atoms with Crippen molar-refractivity contribution >= 4 is 17.3 Å². The first-order chi connectivity index (χ1) is 10.2. The van der Waals surface area contributed by atoms with Crippen molar-refractivity contribution in [1.82, 2.24) is 0 Å². The highest BCUT2D eigenvalue weighted by atomic mass is 16.5. The van der Waals surface area contributed by atoms with Crippen molar-refractivity contribution in [1.29, 1.82) is 0 Å². The lowest BCUT2D eigenvalue weighted by Crippen LogP contribution is -2.07. The lowest BCUT2D eigenvalue weighted by atomic mass is 10.1. The van der Waals surface area contributed by atoms with Crippen molar-refractivity contribution in [2.45, 2.75) is 13.3 Å². The third-order valence-electron chi connectivity index (χ3n) is 3.08. The van der Waals surface area contributed by atoms with Crippen LogP contribution in [-0.2, 0) is 11.2 Å². The number of benzene rings is 2. The molecule has 0 fully saturated rings. The molecule has 1 amide bonds. The molecule has 2 aromatic rings. The minimum absolute atomic E-state index is 0.0614. The normalized spacial score (nSPS) is 10.0. The summed E-state index contributed by atoms with van der Waals surface area (Å²) in [7, 11) is 1.67. The van der Waals surface area contributed by atoms with Crippen LogP contribution in [0.5, 0.6) is 5.75 Å². The first-order valence-corrected chi connectivity index (χ1v) is 6.92. The van der Waals surface area contributed by atoms with Gasteiger partial charge in [0, 0.05) is 24.8 Å². The molecule has 0 bridgehead atoms. The Kier molecular flexibility index (Phi) is 5.21. The van der Waals surface area contributed by atoms with Gasteiger partial charge >= 0.3 is 0 Å². The minimum atomic E-state index is -0.0614. The van der Waals surface area contributed by atoms with Crippen LogP contribution in [0.15, 0.2) is 48.5 Å². The minimum Gasteiger partial charge on any atom is -0.497 e. The number of ether oxygens (including phenoxy) is 1. The van der Waals surface area contributed by atoms with E-state index in [1.54, 1.807) is 7.11 Å². The van der Waals surface area contributed by atoms with E-state index in [0.717, 1.165) is 30.1 Å². The summed E-state index contributed by atoms with van der Waals surface area (Å²) in [6, 6.07) is 15.7. The SMILES string of the molecule is COc1cccc(CCNc2ccc(NC(C)=O)cc2)c1. The van der Waals surface area contributed by atoms with Crippen LogP contribution in [0.25, 0.3) is 0 Å². The molecule has 2 rings (SSSR count). The third kappa shape index (κ3) is 4.84.